The molecule has 1 rings (SSSR count). The van der Waals surface area contributed by atoms with E-state index in [-0.39, 0.29) is 5.41 Å². The molecule has 1 aliphatic rings. The lowest BCUT2D eigenvalue weighted by molar-refractivity contribution is -0.0699. The van der Waals surface area contributed by atoms with Gasteiger partial charge in [-0.3, -0.25) is 0 Å². The van der Waals surface area contributed by atoms with Crippen molar-refractivity contribution in [1.82, 2.24) is 0 Å². The average Bonchev–Trinajstić information content (AvgIpc) is 3.35. The number of hydrogen-bond acceptors (Lipinski definition) is 2. The number of rotatable bonds is 10. The molecule has 0 heterocycles. The van der Waals surface area contributed by atoms with Crippen LogP contribution in [0.4, 0.5) is 0 Å². The third kappa shape index (κ3) is 4.87. The van der Waals surface area contributed by atoms with E-state index in [9.17, 15) is 5.11 Å². The molecule has 0 saturated heterocycles. The molecule has 0 spiro atoms. The van der Waals surface area contributed by atoms with Crippen molar-refractivity contribution in [3.8, 4) is 11.8 Å². The number of aliphatic hydroxyl groups is 1. The largest absolute Gasteiger partial charge is 0.400 e. The minimum atomic E-state index is -1.99. The fourth-order valence-electron chi connectivity index (χ4n) is 3.65. The van der Waals surface area contributed by atoms with Crippen LogP contribution >= 0.6 is 0 Å². The minimum Gasteiger partial charge on any atom is -0.400 e. The molecule has 0 bridgehead atoms. The molecule has 1 fully saturated rings. The Balaban J connectivity index is 3.22. The minimum absolute atomic E-state index is 0.250. The lowest BCUT2D eigenvalue weighted by Gasteiger charge is -2.42. The van der Waals surface area contributed by atoms with Gasteiger partial charge in [0.25, 0.3) is 0 Å². The molecule has 0 aliphatic heterocycles. The van der Waals surface area contributed by atoms with E-state index in [1.165, 1.54) is 0 Å². The van der Waals surface area contributed by atoms with Gasteiger partial charge >= 0.3 is 0 Å². The molecule has 0 unspecified atom stereocenters. The van der Waals surface area contributed by atoms with E-state index < -0.39 is 20.0 Å². The maximum absolute atomic E-state index is 11.5. The summed E-state index contributed by atoms with van der Waals surface area (Å²) >= 11 is 0. The van der Waals surface area contributed by atoms with Gasteiger partial charge < -0.3 is 9.53 Å². The van der Waals surface area contributed by atoms with E-state index in [2.05, 4.69) is 52.7 Å². The summed E-state index contributed by atoms with van der Waals surface area (Å²) in [6, 6.07) is 2.92. The predicted octanol–water partition coefficient (Wildman–Crippen LogP) is 5.70. The van der Waals surface area contributed by atoms with Gasteiger partial charge in [0.1, 0.15) is 11.7 Å². The molecule has 1 aliphatic carbocycles. The standard InChI is InChI=1S/C22H38O2Si/c1-9-17-25(10-2,11-3)24-20(14-12-13-18(4)5)21(8,23)22(15-16-22)19(6)7/h9,18,20,23H,1,6,10-11,13,15-17H2,2-5,7-8H3/t20-,21-/m0/s1. The van der Waals surface area contributed by atoms with Gasteiger partial charge in [-0.15, -0.1) is 12.5 Å². The SMILES string of the molecule is C=CC[Si](CC)(CC)O[C@@H](C#CCC(C)C)[C@](C)(O)C1(C(=C)C)CC1. The highest BCUT2D eigenvalue weighted by Crippen LogP contribution is 2.60. The molecule has 1 saturated carbocycles. The van der Waals surface area contributed by atoms with Crippen molar-refractivity contribution < 1.29 is 9.53 Å². The summed E-state index contributed by atoms with van der Waals surface area (Å²) in [5, 5.41) is 11.5. The van der Waals surface area contributed by atoms with Crippen LogP contribution in [0.15, 0.2) is 24.8 Å². The molecule has 0 aromatic heterocycles. The van der Waals surface area contributed by atoms with Crippen LogP contribution in [0.3, 0.4) is 0 Å². The van der Waals surface area contributed by atoms with E-state index in [4.69, 9.17) is 4.43 Å². The molecule has 1 N–H and O–H groups in total. The Hall–Kier alpha value is -0.823. The van der Waals surface area contributed by atoms with Gasteiger partial charge in [-0.05, 0) is 50.7 Å². The first-order valence-electron chi connectivity index (χ1n) is 9.76. The smallest absolute Gasteiger partial charge is 0.197 e. The normalized spacial score (nSPS) is 19.5. The highest BCUT2D eigenvalue weighted by Gasteiger charge is 2.61. The van der Waals surface area contributed by atoms with Crippen molar-refractivity contribution >= 4 is 8.32 Å². The van der Waals surface area contributed by atoms with Gasteiger partial charge in [0.05, 0.1) is 0 Å². The Kier molecular flexibility index (Phi) is 7.74. The highest BCUT2D eigenvalue weighted by atomic mass is 28.4. The van der Waals surface area contributed by atoms with Crippen molar-refractivity contribution in [3.05, 3.63) is 24.8 Å². The Morgan fingerprint density at radius 2 is 1.92 bits per heavy atom. The summed E-state index contributed by atoms with van der Waals surface area (Å²) < 4.78 is 6.70. The van der Waals surface area contributed by atoms with E-state index in [1.54, 1.807) is 0 Å². The molecule has 0 radical (unpaired) electrons. The Morgan fingerprint density at radius 1 is 1.36 bits per heavy atom. The van der Waals surface area contributed by atoms with Crippen LogP contribution in [-0.4, -0.2) is 25.1 Å². The zero-order chi connectivity index (χ0) is 19.3. The fourth-order valence-corrected chi connectivity index (χ4v) is 6.47. The first-order valence-corrected chi connectivity index (χ1v) is 12.3. The van der Waals surface area contributed by atoms with Crippen molar-refractivity contribution in [2.24, 2.45) is 11.3 Å². The highest BCUT2D eigenvalue weighted by molar-refractivity contribution is 6.74. The zero-order valence-electron chi connectivity index (χ0n) is 17.2. The van der Waals surface area contributed by atoms with Gasteiger partial charge in [0.15, 0.2) is 8.32 Å². The van der Waals surface area contributed by atoms with E-state index >= 15 is 0 Å². The molecule has 2 atom stereocenters. The van der Waals surface area contributed by atoms with Gasteiger partial charge in [0, 0.05) is 11.8 Å². The molecular formula is C22H38O2Si. The molecule has 142 valence electrons. The number of hydrogen-bond donors (Lipinski definition) is 1. The lowest BCUT2D eigenvalue weighted by atomic mass is 9.77. The molecule has 0 aromatic carbocycles. The Labute approximate surface area is 156 Å². The zero-order valence-corrected chi connectivity index (χ0v) is 18.2. The Morgan fingerprint density at radius 3 is 2.28 bits per heavy atom. The summed E-state index contributed by atoms with van der Waals surface area (Å²) in [6.07, 6.45) is 4.27. The van der Waals surface area contributed by atoms with Crippen LogP contribution in [0.25, 0.3) is 0 Å². The second-order valence-corrected chi connectivity index (χ2v) is 12.7. The van der Waals surface area contributed by atoms with Crippen LogP contribution in [0.5, 0.6) is 0 Å². The van der Waals surface area contributed by atoms with Crippen LogP contribution in [0.2, 0.25) is 18.1 Å². The lowest BCUT2D eigenvalue weighted by Crippen LogP contribution is -2.54. The molecule has 0 aromatic rings. The van der Waals surface area contributed by atoms with Crippen molar-refractivity contribution in [2.45, 2.75) is 90.6 Å². The summed E-state index contributed by atoms with van der Waals surface area (Å²) in [6.45, 7) is 20.7. The van der Waals surface area contributed by atoms with Gasteiger partial charge in [-0.25, -0.2) is 0 Å². The summed E-state index contributed by atoms with van der Waals surface area (Å²) in [5.41, 5.74) is -0.215. The van der Waals surface area contributed by atoms with Crippen molar-refractivity contribution in [1.29, 1.82) is 0 Å². The van der Waals surface area contributed by atoms with E-state index in [0.29, 0.717) is 5.92 Å². The van der Waals surface area contributed by atoms with Crippen LogP contribution in [0.1, 0.15) is 60.8 Å². The Bertz CT molecular complexity index is 528. The van der Waals surface area contributed by atoms with E-state index in [0.717, 1.165) is 43.0 Å². The predicted molar refractivity (Wildman–Crippen MR) is 111 cm³/mol. The molecular weight excluding hydrogens is 324 g/mol. The second-order valence-electron chi connectivity index (χ2n) is 8.31. The third-order valence-corrected chi connectivity index (χ3v) is 10.3. The van der Waals surface area contributed by atoms with Crippen molar-refractivity contribution in [2.75, 3.05) is 0 Å². The van der Waals surface area contributed by atoms with Gasteiger partial charge in [-0.2, -0.15) is 0 Å². The molecule has 2 nitrogen and oxygen atoms in total. The first kappa shape index (κ1) is 22.2. The van der Waals surface area contributed by atoms with Crippen LogP contribution in [-0.2, 0) is 4.43 Å². The topological polar surface area (TPSA) is 29.5 Å². The van der Waals surface area contributed by atoms with Crippen molar-refractivity contribution in [3.63, 3.8) is 0 Å². The maximum atomic E-state index is 11.5. The summed E-state index contributed by atoms with van der Waals surface area (Å²) in [7, 11) is -1.99. The quantitative estimate of drug-likeness (QED) is 0.307. The van der Waals surface area contributed by atoms with Gasteiger partial charge in [0.2, 0.25) is 0 Å². The summed E-state index contributed by atoms with van der Waals surface area (Å²) in [5.74, 6) is 7.10. The van der Waals surface area contributed by atoms with Crippen LogP contribution in [0, 0.1) is 23.2 Å². The van der Waals surface area contributed by atoms with E-state index in [1.807, 2.05) is 19.9 Å². The maximum Gasteiger partial charge on any atom is 0.197 e. The fraction of sp³-hybridized carbons (Fsp3) is 0.727. The molecule has 25 heavy (non-hydrogen) atoms. The summed E-state index contributed by atoms with van der Waals surface area (Å²) in [4.78, 5) is 0. The monoisotopic (exact) mass is 362 g/mol. The molecule has 3 heteroatoms. The molecule has 0 amide bonds. The average molecular weight is 363 g/mol. The second kappa shape index (κ2) is 8.71. The number of allylic oxidation sites excluding steroid dienone is 1. The van der Waals surface area contributed by atoms with Gasteiger partial charge in [-0.1, -0.05) is 51.8 Å². The first-order chi connectivity index (χ1) is 11.6. The van der Waals surface area contributed by atoms with Crippen LogP contribution < -0.4 is 0 Å². The third-order valence-electron chi connectivity index (χ3n) is 5.96.